The molecule has 1 saturated heterocycles. The molecule has 1 unspecified atom stereocenters. The molecular formula is C15H21N3O5S. The SMILES string of the molecule is CN1CCCC1CNC(=O)c1cc(S(N)(=O)=O)cc2c1OCCO2. The number of nitrogens with zero attached hydrogens (tertiary/aromatic N) is 1. The first-order valence-corrected chi connectivity index (χ1v) is 9.36. The Morgan fingerprint density at radius 2 is 2.12 bits per heavy atom. The van der Waals surface area contributed by atoms with Gasteiger partial charge in [0.1, 0.15) is 13.2 Å². The predicted molar refractivity (Wildman–Crippen MR) is 86.8 cm³/mol. The van der Waals surface area contributed by atoms with E-state index in [0.717, 1.165) is 19.4 Å². The maximum Gasteiger partial charge on any atom is 0.255 e. The van der Waals surface area contributed by atoms with E-state index in [2.05, 4.69) is 10.2 Å². The fourth-order valence-corrected chi connectivity index (χ4v) is 3.56. The van der Waals surface area contributed by atoms with Gasteiger partial charge in [0.15, 0.2) is 11.5 Å². The summed E-state index contributed by atoms with van der Waals surface area (Å²) >= 11 is 0. The number of benzene rings is 1. The first kappa shape index (κ1) is 17.0. The standard InChI is InChI=1S/C15H21N3O5S/c1-18-4-2-3-10(18)9-17-15(19)12-7-11(24(16,20)21)8-13-14(12)23-6-5-22-13/h7-8,10H,2-6,9H2,1H3,(H,17,19)(H2,16,20,21). The molecule has 0 spiro atoms. The molecule has 0 aromatic heterocycles. The maximum atomic E-state index is 12.6. The number of rotatable bonds is 4. The van der Waals surface area contributed by atoms with Crippen molar-refractivity contribution in [2.45, 2.75) is 23.8 Å². The summed E-state index contributed by atoms with van der Waals surface area (Å²) in [5, 5.41) is 8.04. The highest BCUT2D eigenvalue weighted by Gasteiger charge is 2.26. The van der Waals surface area contributed by atoms with Crippen LogP contribution in [0.25, 0.3) is 0 Å². The van der Waals surface area contributed by atoms with Crippen LogP contribution in [-0.4, -0.2) is 58.6 Å². The molecule has 9 heteroatoms. The number of likely N-dealkylation sites (tertiary alicyclic amines) is 1. The molecule has 0 radical (unpaired) electrons. The summed E-state index contributed by atoms with van der Waals surface area (Å²) in [6, 6.07) is 2.80. The summed E-state index contributed by atoms with van der Waals surface area (Å²) in [4.78, 5) is 14.6. The average Bonchev–Trinajstić information content (AvgIpc) is 2.95. The third-order valence-electron chi connectivity index (χ3n) is 4.36. The van der Waals surface area contributed by atoms with Gasteiger partial charge in [0, 0.05) is 18.7 Å². The average molecular weight is 355 g/mol. The van der Waals surface area contributed by atoms with Gasteiger partial charge in [-0.3, -0.25) is 4.79 Å². The molecule has 1 amide bonds. The first-order chi connectivity index (χ1) is 11.4. The van der Waals surface area contributed by atoms with Gasteiger partial charge in [-0.25, -0.2) is 13.6 Å². The number of ether oxygens (including phenoxy) is 2. The number of carbonyl (C=O) groups excluding carboxylic acids is 1. The van der Waals surface area contributed by atoms with Gasteiger partial charge in [-0.2, -0.15) is 0 Å². The second-order valence-electron chi connectivity index (χ2n) is 6.03. The Hall–Kier alpha value is -1.84. The van der Waals surface area contributed by atoms with Crippen LogP contribution in [-0.2, 0) is 10.0 Å². The minimum atomic E-state index is -3.96. The van der Waals surface area contributed by atoms with Gasteiger partial charge < -0.3 is 19.7 Å². The van der Waals surface area contributed by atoms with E-state index in [9.17, 15) is 13.2 Å². The molecule has 0 bridgehead atoms. The smallest absolute Gasteiger partial charge is 0.255 e. The lowest BCUT2D eigenvalue weighted by atomic mass is 10.1. The van der Waals surface area contributed by atoms with Crippen molar-refractivity contribution in [1.29, 1.82) is 0 Å². The zero-order valence-corrected chi connectivity index (χ0v) is 14.3. The van der Waals surface area contributed by atoms with Crippen LogP contribution in [0.15, 0.2) is 17.0 Å². The Balaban J connectivity index is 1.86. The second kappa shape index (κ2) is 6.58. The van der Waals surface area contributed by atoms with Gasteiger partial charge in [-0.1, -0.05) is 0 Å². The van der Waals surface area contributed by atoms with Crippen LogP contribution >= 0.6 is 0 Å². The van der Waals surface area contributed by atoms with E-state index in [-0.39, 0.29) is 34.6 Å². The van der Waals surface area contributed by atoms with Crippen molar-refractivity contribution < 1.29 is 22.7 Å². The number of fused-ring (bicyclic) bond motifs is 1. The molecular weight excluding hydrogens is 334 g/mol. The summed E-state index contributed by atoms with van der Waals surface area (Å²) < 4.78 is 34.2. The van der Waals surface area contributed by atoms with Gasteiger partial charge in [0.05, 0.1) is 10.5 Å². The van der Waals surface area contributed by atoms with E-state index >= 15 is 0 Å². The molecule has 2 aliphatic rings. The Kier molecular flexibility index (Phi) is 4.66. The topological polar surface area (TPSA) is 111 Å². The molecule has 3 rings (SSSR count). The lowest BCUT2D eigenvalue weighted by Gasteiger charge is -2.23. The normalized spacial score (nSPS) is 20.8. The maximum absolute atomic E-state index is 12.6. The van der Waals surface area contributed by atoms with E-state index in [4.69, 9.17) is 14.6 Å². The van der Waals surface area contributed by atoms with E-state index in [1.54, 1.807) is 0 Å². The van der Waals surface area contributed by atoms with Crippen molar-refractivity contribution in [3.8, 4) is 11.5 Å². The monoisotopic (exact) mass is 355 g/mol. The van der Waals surface area contributed by atoms with Crippen molar-refractivity contribution >= 4 is 15.9 Å². The number of likely N-dealkylation sites (N-methyl/N-ethyl adjacent to an activating group) is 1. The number of amides is 1. The number of nitrogens with two attached hydrogens (primary N) is 1. The number of hydrogen-bond acceptors (Lipinski definition) is 6. The summed E-state index contributed by atoms with van der Waals surface area (Å²) in [6.45, 7) is 2.08. The largest absolute Gasteiger partial charge is 0.486 e. The van der Waals surface area contributed by atoms with Gasteiger partial charge in [-0.15, -0.1) is 0 Å². The van der Waals surface area contributed by atoms with Crippen molar-refractivity contribution in [3.05, 3.63) is 17.7 Å². The number of sulfonamides is 1. The molecule has 8 nitrogen and oxygen atoms in total. The van der Waals surface area contributed by atoms with Crippen LogP contribution in [0.1, 0.15) is 23.2 Å². The molecule has 2 aliphatic heterocycles. The fourth-order valence-electron chi connectivity index (χ4n) is 3.00. The fraction of sp³-hybridized carbons (Fsp3) is 0.533. The van der Waals surface area contributed by atoms with Gasteiger partial charge >= 0.3 is 0 Å². The number of primary sulfonamides is 1. The van der Waals surface area contributed by atoms with Crippen LogP contribution in [0.2, 0.25) is 0 Å². The summed E-state index contributed by atoms with van der Waals surface area (Å²) in [6.07, 6.45) is 2.12. The minimum Gasteiger partial charge on any atom is -0.486 e. The number of carbonyl (C=O) groups is 1. The second-order valence-corrected chi connectivity index (χ2v) is 7.59. The van der Waals surface area contributed by atoms with Crippen LogP contribution in [0, 0.1) is 0 Å². The summed E-state index contributed by atoms with van der Waals surface area (Å²) in [7, 11) is -1.94. The van der Waals surface area contributed by atoms with Crippen molar-refractivity contribution in [3.63, 3.8) is 0 Å². The van der Waals surface area contributed by atoms with Gasteiger partial charge in [0.2, 0.25) is 10.0 Å². The Morgan fingerprint density at radius 1 is 1.38 bits per heavy atom. The van der Waals surface area contributed by atoms with Crippen molar-refractivity contribution in [1.82, 2.24) is 10.2 Å². The number of hydrogen-bond donors (Lipinski definition) is 2. The molecule has 2 heterocycles. The quantitative estimate of drug-likeness (QED) is 0.782. The van der Waals surface area contributed by atoms with Gasteiger partial charge in [0.25, 0.3) is 5.91 Å². The Morgan fingerprint density at radius 3 is 2.79 bits per heavy atom. The van der Waals surface area contributed by atoms with E-state index in [1.807, 2.05) is 7.05 Å². The lowest BCUT2D eigenvalue weighted by molar-refractivity contribution is 0.0932. The van der Waals surface area contributed by atoms with Crippen molar-refractivity contribution in [2.75, 3.05) is 33.4 Å². The summed E-state index contributed by atoms with van der Waals surface area (Å²) in [5.41, 5.74) is 0.122. The molecule has 1 atom stereocenters. The Bertz CT molecular complexity index is 750. The highest BCUT2D eigenvalue weighted by Crippen LogP contribution is 2.36. The zero-order chi connectivity index (χ0) is 17.3. The molecule has 24 heavy (non-hydrogen) atoms. The van der Waals surface area contributed by atoms with E-state index in [1.165, 1.54) is 12.1 Å². The van der Waals surface area contributed by atoms with Crippen molar-refractivity contribution in [2.24, 2.45) is 5.14 Å². The summed E-state index contributed by atoms with van der Waals surface area (Å²) in [5.74, 6) is 0.0735. The molecule has 132 valence electrons. The minimum absolute atomic E-state index is 0.122. The third-order valence-corrected chi connectivity index (χ3v) is 5.25. The van der Waals surface area contributed by atoms with E-state index in [0.29, 0.717) is 13.2 Å². The van der Waals surface area contributed by atoms with Crippen LogP contribution in [0.5, 0.6) is 11.5 Å². The highest BCUT2D eigenvalue weighted by molar-refractivity contribution is 7.89. The van der Waals surface area contributed by atoms with Crippen LogP contribution in [0.3, 0.4) is 0 Å². The molecule has 3 N–H and O–H groups in total. The third kappa shape index (κ3) is 3.47. The molecule has 1 aromatic rings. The Labute approximate surface area is 141 Å². The predicted octanol–water partition coefficient (Wildman–Crippen LogP) is -0.0708. The highest BCUT2D eigenvalue weighted by atomic mass is 32.2. The van der Waals surface area contributed by atoms with E-state index < -0.39 is 15.9 Å². The molecule has 1 fully saturated rings. The lowest BCUT2D eigenvalue weighted by Crippen LogP contribution is -2.38. The van der Waals surface area contributed by atoms with Crippen LogP contribution < -0.4 is 19.9 Å². The first-order valence-electron chi connectivity index (χ1n) is 7.81. The van der Waals surface area contributed by atoms with Crippen LogP contribution in [0.4, 0.5) is 0 Å². The molecule has 0 saturated carbocycles. The molecule has 1 aromatic carbocycles. The molecule has 0 aliphatic carbocycles. The van der Waals surface area contributed by atoms with Gasteiger partial charge in [-0.05, 0) is 32.5 Å². The zero-order valence-electron chi connectivity index (χ0n) is 13.4. The number of nitrogens with one attached hydrogen (secondary N) is 1.